The number of nitrogens with two attached hydrogens (primary N) is 1. The minimum absolute atomic E-state index is 0.0477. The molecule has 1 atom stereocenters. The van der Waals surface area contributed by atoms with Gasteiger partial charge in [0.2, 0.25) is 0 Å². The van der Waals surface area contributed by atoms with Crippen LogP contribution in [0.25, 0.3) is 0 Å². The average molecular weight is 293 g/mol. The summed E-state index contributed by atoms with van der Waals surface area (Å²) in [5.41, 5.74) is 8.34. The summed E-state index contributed by atoms with van der Waals surface area (Å²) < 4.78 is 0. The predicted octanol–water partition coefficient (Wildman–Crippen LogP) is 0.657. The van der Waals surface area contributed by atoms with Crippen molar-refractivity contribution in [2.75, 3.05) is 18.0 Å². The van der Waals surface area contributed by atoms with Gasteiger partial charge in [-0.15, -0.1) is 5.10 Å². The highest BCUT2D eigenvalue weighted by atomic mass is 16.4. The van der Waals surface area contributed by atoms with Crippen LogP contribution in [0, 0.1) is 0 Å². The molecule has 0 amide bonds. The Labute approximate surface area is 124 Å². The number of amidine groups is 1. The Morgan fingerprint density at radius 3 is 2.71 bits per heavy atom. The van der Waals surface area contributed by atoms with E-state index in [4.69, 9.17) is 10.9 Å². The minimum Gasteiger partial charge on any atom is -0.409 e. The predicted molar refractivity (Wildman–Crippen MR) is 80.8 cm³/mol. The lowest BCUT2D eigenvalue weighted by Gasteiger charge is -2.32. The zero-order chi connectivity index (χ0) is 15.4. The van der Waals surface area contributed by atoms with Crippen LogP contribution in [0.4, 0.5) is 5.82 Å². The first-order valence-electron chi connectivity index (χ1n) is 7.41. The monoisotopic (exact) mass is 293 g/mol. The molecule has 0 aromatic carbocycles. The highest BCUT2D eigenvalue weighted by Gasteiger charge is 2.26. The molecule has 0 aliphatic carbocycles. The number of β-amino-alcohol motifs (C(OH)–C–C–N with tert-alkyl or cyclic N) is 1. The van der Waals surface area contributed by atoms with Gasteiger partial charge in [-0.25, -0.2) is 0 Å². The molecule has 2 rings (SSSR count). The number of anilines is 1. The maximum absolute atomic E-state index is 9.85. The number of piperidine rings is 1. The second-order valence-corrected chi connectivity index (χ2v) is 5.26. The summed E-state index contributed by atoms with van der Waals surface area (Å²) in [4.78, 5) is 1.97. The van der Waals surface area contributed by atoms with Gasteiger partial charge in [0.05, 0.1) is 17.4 Å². The highest BCUT2D eigenvalue weighted by Crippen LogP contribution is 2.26. The van der Waals surface area contributed by atoms with E-state index < -0.39 is 0 Å². The van der Waals surface area contributed by atoms with Crippen molar-refractivity contribution in [2.45, 2.75) is 45.6 Å². The van der Waals surface area contributed by atoms with Gasteiger partial charge in [0.1, 0.15) is 0 Å². The van der Waals surface area contributed by atoms with Crippen LogP contribution in [0.3, 0.4) is 0 Å². The molecule has 0 bridgehead atoms. The van der Waals surface area contributed by atoms with Crippen molar-refractivity contribution in [1.29, 1.82) is 0 Å². The van der Waals surface area contributed by atoms with Gasteiger partial charge < -0.3 is 20.9 Å². The summed E-state index contributed by atoms with van der Waals surface area (Å²) in [6, 6.07) is 0. The van der Waals surface area contributed by atoms with Crippen molar-refractivity contribution in [2.24, 2.45) is 10.9 Å². The molecule has 0 spiro atoms. The van der Waals surface area contributed by atoms with Crippen molar-refractivity contribution in [3.05, 3.63) is 16.8 Å². The van der Waals surface area contributed by atoms with Crippen molar-refractivity contribution in [3.8, 4) is 0 Å². The number of aryl methyl sites for hydroxylation is 1. The smallest absolute Gasteiger partial charge is 0.174 e. The SMILES string of the molecule is CCc1nnc(N2CCCC(O)C2)c(C(N)=NO)c1CC. The molecule has 7 nitrogen and oxygen atoms in total. The maximum Gasteiger partial charge on any atom is 0.174 e. The van der Waals surface area contributed by atoms with Crippen molar-refractivity contribution in [1.82, 2.24) is 10.2 Å². The van der Waals surface area contributed by atoms with E-state index in [1.54, 1.807) is 0 Å². The molecule has 7 heteroatoms. The number of hydrogen-bond acceptors (Lipinski definition) is 6. The van der Waals surface area contributed by atoms with E-state index >= 15 is 0 Å². The van der Waals surface area contributed by atoms with E-state index in [1.807, 2.05) is 18.7 Å². The van der Waals surface area contributed by atoms with E-state index in [-0.39, 0.29) is 11.9 Å². The fourth-order valence-electron chi connectivity index (χ4n) is 2.85. The van der Waals surface area contributed by atoms with Crippen LogP contribution in [0.15, 0.2) is 5.16 Å². The molecule has 0 radical (unpaired) electrons. The van der Waals surface area contributed by atoms with Crippen molar-refractivity contribution < 1.29 is 10.3 Å². The molecule has 1 aliphatic heterocycles. The lowest BCUT2D eigenvalue weighted by molar-refractivity contribution is 0.153. The van der Waals surface area contributed by atoms with E-state index in [9.17, 15) is 5.11 Å². The Kier molecular flexibility index (Phi) is 4.95. The third kappa shape index (κ3) is 3.07. The third-order valence-corrected chi connectivity index (χ3v) is 3.89. The van der Waals surface area contributed by atoms with Crippen LogP contribution in [-0.4, -0.2) is 45.5 Å². The molecular formula is C14H23N5O2. The molecule has 1 aliphatic rings. The summed E-state index contributed by atoms with van der Waals surface area (Å²) >= 11 is 0. The van der Waals surface area contributed by atoms with E-state index in [0.29, 0.717) is 17.9 Å². The topological polar surface area (TPSA) is 108 Å². The Morgan fingerprint density at radius 2 is 2.14 bits per heavy atom. The van der Waals surface area contributed by atoms with E-state index in [2.05, 4.69) is 15.4 Å². The first-order chi connectivity index (χ1) is 10.1. The third-order valence-electron chi connectivity index (χ3n) is 3.89. The van der Waals surface area contributed by atoms with Crippen molar-refractivity contribution >= 4 is 11.7 Å². The number of aliphatic hydroxyl groups is 1. The molecule has 4 N–H and O–H groups in total. The molecule has 1 fully saturated rings. The lowest BCUT2D eigenvalue weighted by Crippen LogP contribution is -2.40. The van der Waals surface area contributed by atoms with Crippen LogP contribution in [-0.2, 0) is 12.8 Å². The summed E-state index contributed by atoms with van der Waals surface area (Å²) in [6.07, 6.45) is 2.77. The molecule has 116 valence electrons. The lowest BCUT2D eigenvalue weighted by atomic mass is 10.0. The molecule has 21 heavy (non-hydrogen) atoms. The minimum atomic E-state index is -0.378. The van der Waals surface area contributed by atoms with Gasteiger partial charge in [-0.3, -0.25) is 0 Å². The average Bonchev–Trinajstić information content (AvgIpc) is 2.52. The van der Waals surface area contributed by atoms with Crippen LogP contribution in [0.2, 0.25) is 0 Å². The quantitative estimate of drug-likeness (QED) is 0.326. The number of nitrogens with zero attached hydrogens (tertiary/aromatic N) is 4. The molecule has 1 aromatic rings. The summed E-state index contributed by atoms with van der Waals surface area (Å²) in [7, 11) is 0. The van der Waals surface area contributed by atoms with Gasteiger partial charge in [0.15, 0.2) is 11.7 Å². The summed E-state index contributed by atoms with van der Waals surface area (Å²) in [5.74, 6) is 0.643. The summed E-state index contributed by atoms with van der Waals surface area (Å²) in [6.45, 7) is 5.30. The Hall–Kier alpha value is -1.89. The fraction of sp³-hybridized carbons (Fsp3) is 0.643. The molecule has 1 saturated heterocycles. The normalized spacial score (nSPS) is 19.9. The van der Waals surface area contributed by atoms with Crippen LogP contribution >= 0.6 is 0 Å². The van der Waals surface area contributed by atoms with Crippen molar-refractivity contribution in [3.63, 3.8) is 0 Å². The molecule has 1 unspecified atom stereocenters. The number of aromatic nitrogens is 2. The fourth-order valence-corrected chi connectivity index (χ4v) is 2.85. The van der Waals surface area contributed by atoms with Gasteiger partial charge in [-0.05, 0) is 31.2 Å². The molecule has 1 aromatic heterocycles. The molecule has 2 heterocycles. The van der Waals surface area contributed by atoms with Crippen LogP contribution < -0.4 is 10.6 Å². The standard InChI is InChI=1S/C14H23N5O2/c1-3-10-11(4-2)16-17-14(12(10)13(15)18-21)19-7-5-6-9(20)8-19/h9,20-21H,3-8H2,1-2H3,(H2,15,18). The zero-order valence-electron chi connectivity index (χ0n) is 12.6. The van der Waals surface area contributed by atoms with Gasteiger partial charge in [-0.1, -0.05) is 19.0 Å². The second kappa shape index (κ2) is 6.71. The zero-order valence-corrected chi connectivity index (χ0v) is 12.6. The first kappa shape index (κ1) is 15.5. The second-order valence-electron chi connectivity index (χ2n) is 5.26. The van der Waals surface area contributed by atoms with Gasteiger partial charge >= 0.3 is 0 Å². The van der Waals surface area contributed by atoms with E-state index in [0.717, 1.165) is 43.5 Å². The molecule has 0 saturated carbocycles. The van der Waals surface area contributed by atoms with Crippen LogP contribution in [0.1, 0.15) is 43.5 Å². The Balaban J connectivity index is 2.54. The summed E-state index contributed by atoms with van der Waals surface area (Å²) in [5, 5.41) is 30.7. The molecular weight excluding hydrogens is 270 g/mol. The van der Waals surface area contributed by atoms with E-state index in [1.165, 1.54) is 0 Å². The van der Waals surface area contributed by atoms with Crippen LogP contribution in [0.5, 0.6) is 0 Å². The number of oxime groups is 1. The maximum atomic E-state index is 9.85. The largest absolute Gasteiger partial charge is 0.409 e. The Bertz CT molecular complexity index is 532. The number of rotatable bonds is 4. The number of hydrogen-bond donors (Lipinski definition) is 3. The number of aliphatic hydroxyl groups excluding tert-OH is 1. The Morgan fingerprint density at radius 1 is 1.38 bits per heavy atom. The van der Waals surface area contributed by atoms with Gasteiger partial charge in [0.25, 0.3) is 0 Å². The first-order valence-corrected chi connectivity index (χ1v) is 7.41. The highest BCUT2D eigenvalue weighted by molar-refractivity contribution is 6.03. The van der Waals surface area contributed by atoms with Gasteiger partial charge in [0, 0.05) is 13.1 Å². The van der Waals surface area contributed by atoms with Gasteiger partial charge in [-0.2, -0.15) is 5.10 Å².